The number of aromatic nitrogens is 1. The Hall–Kier alpha value is -1.58. The van der Waals surface area contributed by atoms with Gasteiger partial charge >= 0.3 is 0 Å². The summed E-state index contributed by atoms with van der Waals surface area (Å²) in [5, 5.41) is 0. The van der Waals surface area contributed by atoms with Gasteiger partial charge in [0.15, 0.2) is 0 Å². The number of ether oxygens (including phenoxy) is 1. The maximum atomic E-state index is 10.7. The van der Waals surface area contributed by atoms with E-state index in [0.29, 0.717) is 5.56 Å². The molecular weight excluding hydrogens is 144 g/mol. The van der Waals surface area contributed by atoms with Crippen molar-refractivity contribution in [3.05, 3.63) is 23.9 Å². The van der Waals surface area contributed by atoms with Crippen LogP contribution in [0.3, 0.4) is 0 Å². The fourth-order valence-corrected chi connectivity index (χ4v) is 0.741. The van der Waals surface area contributed by atoms with Crippen LogP contribution in [0, 0.1) is 0 Å². The highest BCUT2D eigenvalue weighted by Gasteiger charge is 2.07. The number of hydrogen-bond acceptors (Lipinski definition) is 3. The summed E-state index contributed by atoms with van der Waals surface area (Å²) in [6.07, 6.45) is 1.53. The van der Waals surface area contributed by atoms with E-state index in [0.717, 1.165) is 0 Å². The van der Waals surface area contributed by atoms with Gasteiger partial charge in [-0.1, -0.05) is 0 Å². The first kappa shape index (κ1) is 7.53. The second kappa shape index (κ2) is 3.01. The van der Waals surface area contributed by atoms with Crippen molar-refractivity contribution in [2.24, 2.45) is 5.73 Å². The van der Waals surface area contributed by atoms with Crippen molar-refractivity contribution in [1.82, 2.24) is 4.98 Å². The van der Waals surface area contributed by atoms with Gasteiger partial charge in [0.25, 0.3) is 5.91 Å². The van der Waals surface area contributed by atoms with E-state index < -0.39 is 5.91 Å². The molecule has 0 fully saturated rings. The monoisotopic (exact) mass is 152 g/mol. The number of pyridine rings is 1. The fourth-order valence-electron chi connectivity index (χ4n) is 0.741. The molecule has 0 radical (unpaired) electrons. The number of methoxy groups -OCH3 is 1. The van der Waals surface area contributed by atoms with E-state index in [9.17, 15) is 4.79 Å². The first-order chi connectivity index (χ1) is 5.25. The van der Waals surface area contributed by atoms with Crippen LogP contribution in [0.1, 0.15) is 10.4 Å². The van der Waals surface area contributed by atoms with Crippen LogP contribution in [0.25, 0.3) is 0 Å². The molecule has 2 N–H and O–H groups in total. The van der Waals surface area contributed by atoms with Crippen LogP contribution < -0.4 is 10.5 Å². The molecule has 0 atom stereocenters. The van der Waals surface area contributed by atoms with Crippen LogP contribution in [0.15, 0.2) is 18.3 Å². The average molecular weight is 152 g/mol. The van der Waals surface area contributed by atoms with Crippen molar-refractivity contribution in [1.29, 1.82) is 0 Å². The van der Waals surface area contributed by atoms with E-state index in [1.54, 1.807) is 12.1 Å². The summed E-state index contributed by atoms with van der Waals surface area (Å²) in [6.45, 7) is 0. The van der Waals surface area contributed by atoms with Crippen LogP contribution in [0.2, 0.25) is 0 Å². The summed E-state index contributed by atoms with van der Waals surface area (Å²) in [5.41, 5.74) is 5.33. The molecule has 0 unspecified atom stereocenters. The van der Waals surface area contributed by atoms with E-state index >= 15 is 0 Å². The zero-order valence-electron chi connectivity index (χ0n) is 6.07. The van der Waals surface area contributed by atoms with Gasteiger partial charge in [-0.15, -0.1) is 0 Å². The quantitative estimate of drug-likeness (QED) is 0.657. The van der Waals surface area contributed by atoms with Crippen LogP contribution in [0.5, 0.6) is 5.88 Å². The van der Waals surface area contributed by atoms with Gasteiger partial charge in [-0.2, -0.15) is 0 Å². The van der Waals surface area contributed by atoms with E-state index in [1.165, 1.54) is 13.3 Å². The first-order valence-corrected chi connectivity index (χ1v) is 3.04. The zero-order chi connectivity index (χ0) is 8.27. The molecule has 0 aromatic carbocycles. The summed E-state index contributed by atoms with van der Waals surface area (Å²) in [5.74, 6) is -0.269. The summed E-state index contributed by atoms with van der Waals surface area (Å²) in [6, 6.07) is 3.19. The number of carbonyl (C=O) groups is 1. The average Bonchev–Trinajstić information content (AvgIpc) is 2.04. The normalized spacial score (nSPS) is 9.18. The minimum atomic E-state index is -0.532. The SMILES string of the molecule is COc1ncccc1C(N)=O. The van der Waals surface area contributed by atoms with E-state index in [-0.39, 0.29) is 5.88 Å². The molecule has 1 rings (SSSR count). The van der Waals surface area contributed by atoms with Gasteiger partial charge in [-0.05, 0) is 12.1 Å². The lowest BCUT2D eigenvalue weighted by Crippen LogP contribution is -2.12. The molecule has 0 bridgehead atoms. The lowest BCUT2D eigenvalue weighted by Gasteiger charge is -2.01. The van der Waals surface area contributed by atoms with E-state index in [4.69, 9.17) is 10.5 Å². The lowest BCUT2D eigenvalue weighted by molar-refractivity contribution is 0.0996. The van der Waals surface area contributed by atoms with Crippen molar-refractivity contribution in [2.75, 3.05) is 7.11 Å². The predicted molar refractivity (Wildman–Crippen MR) is 39.3 cm³/mol. The van der Waals surface area contributed by atoms with Gasteiger partial charge in [0.1, 0.15) is 5.56 Å². The third-order valence-corrected chi connectivity index (χ3v) is 1.23. The highest BCUT2D eigenvalue weighted by atomic mass is 16.5. The van der Waals surface area contributed by atoms with Gasteiger partial charge in [-0.3, -0.25) is 4.79 Å². The first-order valence-electron chi connectivity index (χ1n) is 3.04. The third kappa shape index (κ3) is 1.46. The highest BCUT2D eigenvalue weighted by Crippen LogP contribution is 2.11. The van der Waals surface area contributed by atoms with Crippen LogP contribution in [-0.2, 0) is 0 Å². The third-order valence-electron chi connectivity index (χ3n) is 1.23. The largest absolute Gasteiger partial charge is 0.480 e. The van der Waals surface area contributed by atoms with Crippen LogP contribution in [0.4, 0.5) is 0 Å². The Labute approximate surface area is 64.0 Å². The molecule has 0 spiro atoms. The zero-order valence-corrected chi connectivity index (χ0v) is 6.07. The Morgan fingerprint density at radius 2 is 2.45 bits per heavy atom. The smallest absolute Gasteiger partial charge is 0.254 e. The molecule has 11 heavy (non-hydrogen) atoms. The lowest BCUT2D eigenvalue weighted by atomic mass is 10.2. The van der Waals surface area contributed by atoms with Gasteiger partial charge in [0.2, 0.25) is 5.88 Å². The van der Waals surface area contributed by atoms with Crippen molar-refractivity contribution in [2.45, 2.75) is 0 Å². The van der Waals surface area contributed by atoms with Gasteiger partial charge in [0.05, 0.1) is 7.11 Å². The number of hydrogen-bond donors (Lipinski definition) is 1. The molecule has 58 valence electrons. The second-order valence-electron chi connectivity index (χ2n) is 1.92. The topological polar surface area (TPSA) is 65.2 Å². The number of nitrogens with zero attached hydrogens (tertiary/aromatic N) is 1. The molecule has 0 aliphatic heterocycles. The minimum Gasteiger partial charge on any atom is -0.480 e. The van der Waals surface area contributed by atoms with Gasteiger partial charge in [0, 0.05) is 6.20 Å². The Morgan fingerprint density at radius 3 is 2.91 bits per heavy atom. The number of carbonyl (C=O) groups excluding carboxylic acids is 1. The molecular formula is C7H8N2O2. The van der Waals surface area contributed by atoms with Crippen LogP contribution >= 0.6 is 0 Å². The Balaban J connectivity index is 3.12. The molecule has 0 saturated carbocycles. The molecule has 1 amide bonds. The van der Waals surface area contributed by atoms with Crippen molar-refractivity contribution < 1.29 is 9.53 Å². The van der Waals surface area contributed by atoms with Gasteiger partial charge < -0.3 is 10.5 Å². The second-order valence-corrected chi connectivity index (χ2v) is 1.92. The number of nitrogens with two attached hydrogens (primary N) is 1. The molecule has 1 aromatic heterocycles. The summed E-state index contributed by atoms with van der Waals surface area (Å²) in [4.78, 5) is 14.5. The predicted octanol–water partition coefficient (Wildman–Crippen LogP) is 0.189. The fraction of sp³-hybridized carbons (Fsp3) is 0.143. The standard InChI is InChI=1S/C7H8N2O2/c1-11-7-5(6(8)10)3-2-4-9-7/h2-4H,1H3,(H2,8,10). The molecule has 1 heterocycles. The van der Waals surface area contributed by atoms with Crippen LogP contribution in [-0.4, -0.2) is 18.0 Å². The molecule has 4 nitrogen and oxygen atoms in total. The Morgan fingerprint density at radius 1 is 1.73 bits per heavy atom. The Bertz CT molecular complexity index is 273. The molecule has 0 aliphatic rings. The highest BCUT2D eigenvalue weighted by molar-refractivity contribution is 5.94. The molecule has 0 aliphatic carbocycles. The van der Waals surface area contributed by atoms with E-state index in [1.807, 2.05) is 0 Å². The summed E-state index contributed by atoms with van der Waals surface area (Å²) in [7, 11) is 1.44. The van der Waals surface area contributed by atoms with E-state index in [2.05, 4.69) is 4.98 Å². The number of primary amides is 1. The maximum Gasteiger partial charge on any atom is 0.254 e. The van der Waals surface area contributed by atoms with Crippen molar-refractivity contribution in [3.63, 3.8) is 0 Å². The molecule has 0 saturated heterocycles. The molecule has 1 aromatic rings. The maximum absolute atomic E-state index is 10.7. The number of rotatable bonds is 2. The number of amides is 1. The summed E-state index contributed by atoms with van der Waals surface area (Å²) < 4.78 is 4.79. The summed E-state index contributed by atoms with van der Waals surface area (Å²) >= 11 is 0. The van der Waals surface area contributed by atoms with Crippen molar-refractivity contribution in [3.8, 4) is 5.88 Å². The van der Waals surface area contributed by atoms with Crippen molar-refractivity contribution >= 4 is 5.91 Å². The minimum absolute atomic E-state index is 0.264. The molecule has 4 heteroatoms. The Kier molecular flexibility index (Phi) is 2.06. The van der Waals surface area contributed by atoms with Gasteiger partial charge in [-0.25, -0.2) is 4.98 Å².